The van der Waals surface area contributed by atoms with Crippen molar-refractivity contribution >= 4 is 22.7 Å². The van der Waals surface area contributed by atoms with Crippen LogP contribution in [0.25, 0.3) is 0 Å². The average Bonchev–Trinajstić information content (AvgIpc) is 1.72. The first-order valence-electron chi connectivity index (χ1n) is 1.65. The molecule has 0 aromatic heterocycles. The molecule has 0 unspecified atom stereocenters. The molecular formula is CHB3F3. The van der Waals surface area contributed by atoms with Gasteiger partial charge in [0.1, 0.15) is 0 Å². The van der Waals surface area contributed by atoms with Crippen LogP contribution in [0, 0.1) is 0 Å². The highest BCUT2D eigenvalue weighted by Gasteiger charge is 2.14. The summed E-state index contributed by atoms with van der Waals surface area (Å²) in [6, 6.07) is 0. The van der Waals surface area contributed by atoms with Crippen molar-refractivity contribution in [3.63, 3.8) is 0 Å². The lowest BCUT2D eigenvalue weighted by atomic mass is 9.51. The summed E-state index contributed by atoms with van der Waals surface area (Å²) < 4.78 is 33.0. The summed E-state index contributed by atoms with van der Waals surface area (Å²) in [5, 5.41) is 0. The van der Waals surface area contributed by atoms with E-state index in [1.54, 1.807) is 0 Å². The largest absolute Gasteiger partial charge is 0.347 e. The van der Waals surface area contributed by atoms with E-state index in [1.807, 2.05) is 0 Å². The number of hydrogen-bond donors (Lipinski definition) is 0. The van der Waals surface area contributed by atoms with Gasteiger partial charge in [-0.25, -0.2) is 0 Å². The Hall–Kier alpha value is -0.0152. The molecule has 0 saturated carbocycles. The number of rotatable bonds is 3. The van der Waals surface area contributed by atoms with Crippen LogP contribution >= 0.6 is 0 Å². The lowest BCUT2D eigenvalue weighted by molar-refractivity contribution is 0.811. The van der Waals surface area contributed by atoms with Gasteiger partial charge in [0.25, 0.3) is 0 Å². The second kappa shape index (κ2) is 4.15. The van der Waals surface area contributed by atoms with Gasteiger partial charge >= 0.3 is 22.7 Å². The summed E-state index contributed by atoms with van der Waals surface area (Å²) in [6.07, 6.45) is 0. The Morgan fingerprint density at radius 1 is 0.857 bits per heavy atom. The van der Waals surface area contributed by atoms with Crippen LogP contribution in [-0.4, -0.2) is 22.7 Å². The van der Waals surface area contributed by atoms with Crippen LogP contribution in [-0.2, 0) is 0 Å². The van der Waals surface area contributed by atoms with Crippen molar-refractivity contribution < 1.29 is 12.9 Å². The van der Waals surface area contributed by atoms with Crippen molar-refractivity contribution in [3.05, 3.63) is 0 Å². The average molecular weight is 102 g/mol. The predicted molar refractivity (Wildman–Crippen MR) is 24.3 cm³/mol. The highest BCUT2D eigenvalue weighted by atomic mass is 19.1. The molecule has 0 rings (SSSR count). The zero-order valence-corrected chi connectivity index (χ0v) is 3.44. The van der Waals surface area contributed by atoms with Crippen molar-refractivity contribution in [2.45, 2.75) is 5.62 Å². The normalized spacial score (nSPS) is 8.57. The summed E-state index contributed by atoms with van der Waals surface area (Å²) in [7, 11) is -0.250. The molecule has 0 aromatic rings. The predicted octanol–water partition coefficient (Wildman–Crippen LogP) is 0.456. The minimum Gasteiger partial charge on any atom is -0.344 e. The van der Waals surface area contributed by atoms with Crippen molar-refractivity contribution in [1.82, 2.24) is 0 Å². The summed E-state index contributed by atoms with van der Waals surface area (Å²) in [5.41, 5.74) is -1.39. The summed E-state index contributed by atoms with van der Waals surface area (Å²) in [4.78, 5) is 0. The van der Waals surface area contributed by atoms with Gasteiger partial charge in [-0.05, 0) is 5.62 Å². The highest BCUT2D eigenvalue weighted by molar-refractivity contribution is 6.69. The monoisotopic (exact) mass is 103 g/mol. The highest BCUT2D eigenvalue weighted by Crippen LogP contribution is 1.97. The molecule has 0 aliphatic carbocycles. The van der Waals surface area contributed by atoms with Crippen molar-refractivity contribution in [2.75, 3.05) is 0 Å². The lowest BCUT2D eigenvalue weighted by Gasteiger charge is -1.90. The molecule has 0 atom stereocenters. The van der Waals surface area contributed by atoms with Crippen molar-refractivity contribution in [3.8, 4) is 0 Å². The smallest absolute Gasteiger partial charge is 0.344 e. The molecule has 6 heteroatoms. The standard InChI is InChI=1S/CHB3F3/c5-2-1(3-6)4-7/h1H. The van der Waals surface area contributed by atoms with Crippen LogP contribution in [0.1, 0.15) is 0 Å². The molecule has 0 bridgehead atoms. The summed E-state index contributed by atoms with van der Waals surface area (Å²) in [5.74, 6) is 0. The third-order valence-electron chi connectivity index (χ3n) is 0.436. The van der Waals surface area contributed by atoms with E-state index in [0.717, 1.165) is 0 Å². The first kappa shape index (κ1) is 6.98. The van der Waals surface area contributed by atoms with Gasteiger partial charge in [0.15, 0.2) is 0 Å². The Balaban J connectivity index is 2.99. The fraction of sp³-hybridized carbons (Fsp3) is 1.00. The second-order valence-corrected chi connectivity index (χ2v) is 0.955. The Labute approximate surface area is 42.3 Å². The Kier molecular flexibility index (Phi) is 4.14. The van der Waals surface area contributed by atoms with Gasteiger partial charge in [0, 0.05) is 0 Å². The molecule has 0 amide bonds. The maximum Gasteiger partial charge on any atom is 0.347 e. The van der Waals surface area contributed by atoms with Crippen LogP contribution in [0.5, 0.6) is 0 Å². The van der Waals surface area contributed by atoms with E-state index in [9.17, 15) is 12.9 Å². The zero-order valence-electron chi connectivity index (χ0n) is 3.44. The van der Waals surface area contributed by atoms with E-state index >= 15 is 0 Å². The van der Waals surface area contributed by atoms with Crippen LogP contribution in [0.15, 0.2) is 0 Å². The Morgan fingerprint density at radius 2 is 1.14 bits per heavy atom. The van der Waals surface area contributed by atoms with Crippen molar-refractivity contribution in [2.24, 2.45) is 0 Å². The molecule has 3 radical (unpaired) electrons. The Morgan fingerprint density at radius 3 is 1.14 bits per heavy atom. The molecule has 7 heavy (non-hydrogen) atoms. The van der Waals surface area contributed by atoms with Gasteiger partial charge in [0.05, 0.1) is 0 Å². The van der Waals surface area contributed by atoms with E-state index in [4.69, 9.17) is 0 Å². The van der Waals surface area contributed by atoms with Gasteiger partial charge in [0.2, 0.25) is 0 Å². The van der Waals surface area contributed by atoms with Gasteiger partial charge in [-0.1, -0.05) is 0 Å². The van der Waals surface area contributed by atoms with Crippen LogP contribution in [0.2, 0.25) is 5.62 Å². The molecule has 0 fully saturated rings. The molecule has 0 aliphatic heterocycles. The maximum atomic E-state index is 11.0. The summed E-state index contributed by atoms with van der Waals surface area (Å²) >= 11 is 0. The minimum absolute atomic E-state index is 0.0833. The van der Waals surface area contributed by atoms with Crippen LogP contribution in [0.3, 0.4) is 0 Å². The first-order valence-corrected chi connectivity index (χ1v) is 1.65. The quantitative estimate of drug-likeness (QED) is 0.454. The van der Waals surface area contributed by atoms with E-state index in [0.29, 0.717) is 0 Å². The third kappa shape index (κ3) is 2.65. The van der Waals surface area contributed by atoms with Crippen LogP contribution in [0.4, 0.5) is 12.9 Å². The SMILES string of the molecule is F[B]C([B]F)[B]F. The number of hydrogen-bond acceptors (Lipinski definition) is 0. The molecule has 0 aromatic carbocycles. The van der Waals surface area contributed by atoms with Crippen LogP contribution < -0.4 is 0 Å². The van der Waals surface area contributed by atoms with Gasteiger partial charge in [-0.15, -0.1) is 0 Å². The van der Waals surface area contributed by atoms with Gasteiger partial charge in [-0.3, -0.25) is 0 Å². The maximum absolute atomic E-state index is 11.0. The second-order valence-electron chi connectivity index (χ2n) is 0.955. The molecule has 0 aliphatic rings. The van der Waals surface area contributed by atoms with Crippen molar-refractivity contribution in [1.29, 1.82) is 0 Å². The molecule has 35 valence electrons. The third-order valence-corrected chi connectivity index (χ3v) is 0.436. The fourth-order valence-electron chi connectivity index (χ4n) is 0.0825. The van der Waals surface area contributed by atoms with E-state index in [1.165, 1.54) is 0 Å². The van der Waals surface area contributed by atoms with E-state index in [-0.39, 0.29) is 22.7 Å². The lowest BCUT2D eigenvalue weighted by Crippen LogP contribution is -2.08. The molecule has 0 heterocycles. The van der Waals surface area contributed by atoms with Gasteiger partial charge < -0.3 is 12.9 Å². The molecule has 0 spiro atoms. The Bertz CT molecular complexity index is 31.7. The van der Waals surface area contributed by atoms with Gasteiger partial charge in [-0.2, -0.15) is 0 Å². The topological polar surface area (TPSA) is 0 Å². The van der Waals surface area contributed by atoms with E-state index in [2.05, 4.69) is 0 Å². The number of halogens is 3. The molecule has 0 saturated heterocycles. The molecular weight excluding hydrogens is 101 g/mol. The fourth-order valence-corrected chi connectivity index (χ4v) is 0.0825. The molecule has 0 nitrogen and oxygen atoms in total. The summed E-state index contributed by atoms with van der Waals surface area (Å²) in [6.45, 7) is 0. The molecule has 0 N–H and O–H groups in total. The zero-order chi connectivity index (χ0) is 5.70. The minimum atomic E-state index is -1.39. The van der Waals surface area contributed by atoms with E-state index < -0.39 is 5.62 Å². The first-order chi connectivity index (χ1) is 3.35.